The van der Waals surface area contributed by atoms with Crippen LogP contribution in [0.1, 0.15) is 18.4 Å². The summed E-state index contributed by atoms with van der Waals surface area (Å²) >= 11 is 5.95. The number of amides is 1. The molecule has 1 N–H and O–H groups in total. The number of carbonyl (C=O) groups is 1. The minimum absolute atomic E-state index is 0.126. The van der Waals surface area contributed by atoms with Crippen molar-refractivity contribution in [2.45, 2.75) is 25.4 Å². The Morgan fingerprint density at radius 3 is 2.92 bits per heavy atom. The van der Waals surface area contributed by atoms with Gasteiger partial charge in [0.2, 0.25) is 5.91 Å². The fourth-order valence-electron chi connectivity index (χ4n) is 2.70. The van der Waals surface area contributed by atoms with Gasteiger partial charge in [-0.2, -0.15) is 0 Å². The molecule has 1 unspecified atom stereocenters. The zero-order valence-corrected chi connectivity index (χ0v) is 14.4. The molecule has 25 heavy (non-hydrogen) atoms. The third kappa shape index (κ3) is 4.94. The van der Waals surface area contributed by atoms with Crippen molar-refractivity contribution in [3.63, 3.8) is 0 Å². The number of hydrogen-bond acceptors (Lipinski definition) is 3. The van der Waals surface area contributed by atoms with Crippen LogP contribution in [0.25, 0.3) is 0 Å². The highest BCUT2D eigenvalue weighted by atomic mass is 35.5. The molecule has 1 aliphatic heterocycles. The Kier molecular flexibility index (Phi) is 5.89. The highest BCUT2D eigenvalue weighted by molar-refractivity contribution is 6.31. The third-order valence-corrected chi connectivity index (χ3v) is 4.33. The summed E-state index contributed by atoms with van der Waals surface area (Å²) in [5.41, 5.74) is 0.773. The Hall–Kier alpha value is -2.11. The molecule has 0 radical (unpaired) electrons. The summed E-state index contributed by atoms with van der Waals surface area (Å²) in [7, 11) is 0. The highest BCUT2D eigenvalue weighted by Crippen LogP contribution is 2.22. The van der Waals surface area contributed by atoms with Crippen LogP contribution in [0, 0.1) is 5.82 Å². The minimum Gasteiger partial charge on any atom is -0.491 e. The number of ether oxygens (including phenoxy) is 2. The Morgan fingerprint density at radius 2 is 2.16 bits per heavy atom. The molecule has 6 heteroatoms. The molecule has 2 aromatic carbocycles. The van der Waals surface area contributed by atoms with Gasteiger partial charge in [0.05, 0.1) is 12.5 Å². The lowest BCUT2D eigenvalue weighted by molar-refractivity contribution is -0.115. The number of nitrogens with one attached hydrogen (secondary N) is 1. The maximum atomic E-state index is 13.8. The molecule has 1 fully saturated rings. The van der Waals surface area contributed by atoms with Crippen molar-refractivity contribution in [2.24, 2.45) is 0 Å². The van der Waals surface area contributed by atoms with E-state index in [1.165, 1.54) is 12.1 Å². The topological polar surface area (TPSA) is 47.6 Å². The summed E-state index contributed by atoms with van der Waals surface area (Å²) in [4.78, 5) is 12.2. The van der Waals surface area contributed by atoms with Crippen LogP contribution in [0.4, 0.5) is 10.1 Å². The maximum Gasteiger partial charge on any atom is 0.228 e. The van der Waals surface area contributed by atoms with E-state index in [9.17, 15) is 9.18 Å². The summed E-state index contributed by atoms with van der Waals surface area (Å²) in [6, 6.07) is 11.4. The molecule has 0 bridgehead atoms. The summed E-state index contributed by atoms with van der Waals surface area (Å²) in [6.45, 7) is 1.27. The molecule has 1 atom stereocenters. The molecular weight excluding hydrogens is 345 g/mol. The first-order valence-corrected chi connectivity index (χ1v) is 8.57. The predicted octanol–water partition coefficient (Wildman–Crippen LogP) is 4.22. The van der Waals surface area contributed by atoms with Gasteiger partial charge in [-0.1, -0.05) is 23.7 Å². The zero-order chi connectivity index (χ0) is 17.6. The van der Waals surface area contributed by atoms with Crippen LogP contribution < -0.4 is 10.1 Å². The zero-order valence-electron chi connectivity index (χ0n) is 13.6. The van der Waals surface area contributed by atoms with Gasteiger partial charge in [0.25, 0.3) is 0 Å². The predicted molar refractivity (Wildman–Crippen MR) is 94.7 cm³/mol. The Labute approximate surface area is 150 Å². The average molecular weight is 364 g/mol. The number of benzene rings is 2. The van der Waals surface area contributed by atoms with E-state index in [0.29, 0.717) is 18.0 Å². The van der Waals surface area contributed by atoms with E-state index in [2.05, 4.69) is 5.32 Å². The van der Waals surface area contributed by atoms with E-state index in [1.807, 2.05) is 6.07 Å². The number of carbonyl (C=O) groups excluding carboxylic acids is 1. The van der Waals surface area contributed by atoms with Gasteiger partial charge in [-0.3, -0.25) is 4.79 Å². The quantitative estimate of drug-likeness (QED) is 0.836. The second kappa shape index (κ2) is 8.32. The van der Waals surface area contributed by atoms with Gasteiger partial charge in [-0.25, -0.2) is 4.39 Å². The fraction of sp³-hybridized carbons (Fsp3) is 0.316. The molecular formula is C19H19ClFNO3. The van der Waals surface area contributed by atoms with Crippen LogP contribution in [0.5, 0.6) is 5.75 Å². The summed E-state index contributed by atoms with van der Waals surface area (Å²) in [5.74, 6) is -0.184. The van der Waals surface area contributed by atoms with E-state index >= 15 is 0 Å². The van der Waals surface area contributed by atoms with E-state index in [4.69, 9.17) is 21.1 Å². The van der Waals surface area contributed by atoms with E-state index < -0.39 is 5.82 Å². The Morgan fingerprint density at radius 1 is 1.32 bits per heavy atom. The van der Waals surface area contributed by atoms with E-state index in [-0.39, 0.29) is 29.0 Å². The highest BCUT2D eigenvalue weighted by Gasteiger charge is 2.16. The molecule has 0 aliphatic carbocycles. The smallest absolute Gasteiger partial charge is 0.228 e. The van der Waals surface area contributed by atoms with Crippen molar-refractivity contribution in [2.75, 3.05) is 18.5 Å². The summed E-state index contributed by atoms with van der Waals surface area (Å²) < 4.78 is 25.0. The number of hydrogen-bond donors (Lipinski definition) is 1. The van der Waals surface area contributed by atoms with Crippen molar-refractivity contribution in [1.29, 1.82) is 0 Å². The van der Waals surface area contributed by atoms with Crippen LogP contribution in [0.2, 0.25) is 5.02 Å². The van der Waals surface area contributed by atoms with Crippen LogP contribution in [-0.4, -0.2) is 25.2 Å². The standard InChI is InChI=1S/C19H19ClFNO3/c20-17-7-2-8-18(21)16(17)11-19(23)22-13-4-1-5-14(10-13)25-12-15-6-3-9-24-15/h1-2,4-5,7-8,10,15H,3,6,9,11-12H2,(H,22,23). The van der Waals surface area contributed by atoms with Gasteiger partial charge in [0.1, 0.15) is 18.2 Å². The van der Waals surface area contributed by atoms with E-state index in [0.717, 1.165) is 19.4 Å². The van der Waals surface area contributed by atoms with Gasteiger partial charge in [0, 0.05) is 28.9 Å². The molecule has 132 valence electrons. The normalized spacial score (nSPS) is 16.6. The second-order valence-electron chi connectivity index (χ2n) is 5.90. The monoisotopic (exact) mass is 363 g/mol. The first-order valence-electron chi connectivity index (χ1n) is 8.19. The SMILES string of the molecule is O=C(Cc1c(F)cccc1Cl)Nc1cccc(OCC2CCCO2)c1. The maximum absolute atomic E-state index is 13.8. The van der Waals surface area contributed by atoms with Crippen molar-refractivity contribution in [3.8, 4) is 5.75 Å². The van der Waals surface area contributed by atoms with Gasteiger partial charge in [-0.15, -0.1) is 0 Å². The molecule has 1 heterocycles. The number of rotatable bonds is 6. The molecule has 2 aromatic rings. The first kappa shape index (κ1) is 17.7. The number of halogens is 2. The average Bonchev–Trinajstić information content (AvgIpc) is 3.10. The molecule has 1 amide bonds. The Bertz CT molecular complexity index is 727. The van der Waals surface area contributed by atoms with E-state index in [1.54, 1.807) is 24.3 Å². The van der Waals surface area contributed by atoms with Gasteiger partial charge in [0.15, 0.2) is 0 Å². The van der Waals surface area contributed by atoms with Crippen molar-refractivity contribution in [1.82, 2.24) is 0 Å². The molecule has 0 spiro atoms. The minimum atomic E-state index is -0.490. The number of anilines is 1. The molecule has 1 saturated heterocycles. The van der Waals surface area contributed by atoms with Crippen molar-refractivity contribution < 1.29 is 18.7 Å². The third-order valence-electron chi connectivity index (χ3n) is 3.98. The molecule has 0 saturated carbocycles. The lowest BCUT2D eigenvalue weighted by atomic mass is 10.1. The summed E-state index contributed by atoms with van der Waals surface area (Å²) in [5, 5.41) is 2.98. The second-order valence-corrected chi connectivity index (χ2v) is 6.31. The lowest BCUT2D eigenvalue weighted by Gasteiger charge is -2.13. The van der Waals surface area contributed by atoms with Crippen LogP contribution >= 0.6 is 11.6 Å². The van der Waals surface area contributed by atoms with Gasteiger partial charge in [-0.05, 0) is 37.1 Å². The summed E-state index contributed by atoms with van der Waals surface area (Å²) in [6.07, 6.45) is 2.05. The van der Waals surface area contributed by atoms with Crippen molar-refractivity contribution in [3.05, 3.63) is 58.9 Å². The van der Waals surface area contributed by atoms with Crippen molar-refractivity contribution >= 4 is 23.2 Å². The molecule has 1 aliphatic rings. The van der Waals surface area contributed by atoms with Crippen LogP contribution in [0.3, 0.4) is 0 Å². The lowest BCUT2D eigenvalue weighted by Crippen LogP contribution is -2.17. The molecule has 3 rings (SSSR count). The van der Waals surface area contributed by atoms with Gasteiger partial charge < -0.3 is 14.8 Å². The molecule has 0 aromatic heterocycles. The fourth-order valence-corrected chi connectivity index (χ4v) is 2.93. The largest absolute Gasteiger partial charge is 0.491 e. The Balaban J connectivity index is 1.58. The van der Waals surface area contributed by atoms with Crippen LogP contribution in [-0.2, 0) is 16.0 Å². The van der Waals surface area contributed by atoms with Crippen LogP contribution in [0.15, 0.2) is 42.5 Å². The first-order chi connectivity index (χ1) is 12.1. The van der Waals surface area contributed by atoms with Gasteiger partial charge >= 0.3 is 0 Å². The molecule has 4 nitrogen and oxygen atoms in total.